The number of aryl methyl sites for hydroxylation is 1. The maximum atomic E-state index is 12.3. The Bertz CT molecular complexity index is 1360. The Morgan fingerprint density at radius 3 is 1.73 bits per heavy atom. The van der Waals surface area contributed by atoms with E-state index in [9.17, 15) is 48.6 Å². The maximum Gasteiger partial charge on any atom is 0.326 e. The minimum absolute atomic E-state index is 0.00601. The molecular formula is C31H50N8O13. The Balaban J connectivity index is 2.19. The molecule has 21 nitrogen and oxygen atoms in total. The first kappa shape index (κ1) is 44.7. The Kier molecular flexibility index (Phi) is 21.3. The van der Waals surface area contributed by atoms with Gasteiger partial charge in [-0.25, -0.2) is 19.2 Å². The highest BCUT2D eigenvalue weighted by molar-refractivity contribution is 5.86. The molecule has 0 aliphatic carbocycles. The van der Waals surface area contributed by atoms with Crippen LogP contribution < -0.4 is 27.0 Å². The smallest absolute Gasteiger partial charge is 0.326 e. The quantitative estimate of drug-likeness (QED) is 0.0470. The summed E-state index contributed by atoms with van der Waals surface area (Å²) < 4.78 is 1.52. The van der Waals surface area contributed by atoms with Gasteiger partial charge in [-0.15, -0.1) is 5.10 Å². The number of carbonyl (C=O) groups is 8. The zero-order chi connectivity index (χ0) is 39.1. The van der Waals surface area contributed by atoms with Gasteiger partial charge in [-0.3, -0.25) is 23.9 Å². The van der Waals surface area contributed by atoms with Gasteiger partial charge in [0.05, 0.1) is 5.69 Å². The summed E-state index contributed by atoms with van der Waals surface area (Å²) in [5.74, 6) is -6.93. The van der Waals surface area contributed by atoms with E-state index in [1.807, 2.05) is 0 Å². The van der Waals surface area contributed by atoms with Crippen LogP contribution in [0.2, 0.25) is 0 Å². The third-order valence-electron chi connectivity index (χ3n) is 7.75. The first-order chi connectivity index (χ1) is 24.6. The molecule has 0 radical (unpaired) electrons. The van der Waals surface area contributed by atoms with Crippen LogP contribution in [0.5, 0.6) is 0 Å². The fourth-order valence-electron chi connectivity index (χ4n) is 4.86. The van der Waals surface area contributed by atoms with Crippen LogP contribution in [0.15, 0.2) is 6.20 Å². The number of carbonyl (C=O) groups excluding carboxylic acids is 3. The Hall–Kier alpha value is -5.34. The van der Waals surface area contributed by atoms with Crippen LogP contribution >= 0.6 is 0 Å². The summed E-state index contributed by atoms with van der Waals surface area (Å²) in [6, 6.07) is -6.02. The lowest BCUT2D eigenvalue weighted by Crippen LogP contribution is -2.51. The molecule has 0 bridgehead atoms. The molecule has 4 atom stereocenters. The fourth-order valence-corrected chi connectivity index (χ4v) is 4.86. The number of nitrogens with one attached hydrogen (secondary N) is 4. The lowest BCUT2D eigenvalue weighted by molar-refractivity contribution is -0.142. The normalized spacial score (nSPS) is 13.2. The first-order valence-electron chi connectivity index (χ1n) is 17.0. The number of nitrogens with zero attached hydrogens (tertiary/aromatic N) is 3. The number of rotatable bonds is 29. The van der Waals surface area contributed by atoms with Crippen molar-refractivity contribution in [1.82, 2.24) is 36.3 Å². The number of urea groups is 1. The second-order valence-corrected chi connectivity index (χ2v) is 12.2. The molecule has 21 heteroatoms. The van der Waals surface area contributed by atoms with Crippen molar-refractivity contribution in [2.45, 2.75) is 127 Å². The van der Waals surface area contributed by atoms with Gasteiger partial charge in [0.2, 0.25) is 11.8 Å². The molecule has 0 fully saturated rings. The summed E-state index contributed by atoms with van der Waals surface area (Å²) in [6.45, 7) is 0.698. The van der Waals surface area contributed by atoms with Crippen molar-refractivity contribution in [3.8, 4) is 0 Å². The van der Waals surface area contributed by atoms with Gasteiger partial charge in [0, 0.05) is 45.0 Å². The molecule has 52 heavy (non-hydrogen) atoms. The van der Waals surface area contributed by atoms with E-state index in [4.69, 9.17) is 21.1 Å². The molecular weight excluding hydrogens is 692 g/mol. The van der Waals surface area contributed by atoms with Gasteiger partial charge in [-0.05, 0) is 57.8 Å². The molecule has 0 aromatic carbocycles. The van der Waals surface area contributed by atoms with Gasteiger partial charge in [0.25, 0.3) is 0 Å². The van der Waals surface area contributed by atoms with Gasteiger partial charge in [-0.1, -0.05) is 18.1 Å². The van der Waals surface area contributed by atoms with Crippen molar-refractivity contribution < 1.29 is 63.9 Å². The van der Waals surface area contributed by atoms with Crippen LogP contribution in [0.1, 0.15) is 95.6 Å². The number of hydrogen-bond acceptors (Lipinski definition) is 11. The van der Waals surface area contributed by atoms with E-state index in [1.54, 1.807) is 6.20 Å². The second-order valence-electron chi connectivity index (χ2n) is 12.2. The topological polar surface area (TPSA) is 343 Å². The summed E-state index contributed by atoms with van der Waals surface area (Å²) >= 11 is 0. The van der Waals surface area contributed by atoms with Crippen LogP contribution in [0, 0.1) is 0 Å². The van der Waals surface area contributed by atoms with E-state index in [2.05, 4.69) is 31.6 Å². The van der Waals surface area contributed by atoms with Crippen LogP contribution in [-0.4, -0.2) is 119 Å². The van der Waals surface area contributed by atoms with Gasteiger partial charge in [0.15, 0.2) is 0 Å². The van der Waals surface area contributed by atoms with Crippen LogP contribution in [0.25, 0.3) is 0 Å². The van der Waals surface area contributed by atoms with Crippen molar-refractivity contribution in [3.63, 3.8) is 0 Å². The van der Waals surface area contributed by atoms with E-state index < -0.39 is 66.5 Å². The van der Waals surface area contributed by atoms with Gasteiger partial charge >= 0.3 is 35.9 Å². The Labute approximate surface area is 299 Å². The summed E-state index contributed by atoms with van der Waals surface area (Å²) in [6.07, 6.45) is 5.50. The number of aliphatic carboxylic acids is 5. The molecule has 0 aliphatic rings. The Morgan fingerprint density at radius 1 is 0.635 bits per heavy atom. The molecule has 0 saturated heterocycles. The monoisotopic (exact) mass is 742 g/mol. The van der Waals surface area contributed by atoms with Gasteiger partial charge in [0.1, 0.15) is 24.2 Å². The molecule has 1 aromatic heterocycles. The summed E-state index contributed by atoms with van der Waals surface area (Å²) in [5.41, 5.74) is 5.92. The number of aromatic nitrogens is 3. The molecule has 0 saturated carbocycles. The third kappa shape index (κ3) is 20.4. The molecule has 1 rings (SSSR count). The average molecular weight is 743 g/mol. The highest BCUT2D eigenvalue weighted by atomic mass is 16.4. The lowest BCUT2D eigenvalue weighted by atomic mass is 10.1. The second kappa shape index (κ2) is 24.7. The fraction of sp³-hybridized carbons (Fsp3) is 0.677. The van der Waals surface area contributed by atoms with E-state index >= 15 is 0 Å². The molecule has 292 valence electrons. The van der Waals surface area contributed by atoms with Gasteiger partial charge < -0.3 is 52.5 Å². The molecule has 11 N–H and O–H groups in total. The highest BCUT2D eigenvalue weighted by Crippen LogP contribution is 2.09. The first-order valence-corrected chi connectivity index (χ1v) is 17.0. The maximum absolute atomic E-state index is 12.3. The standard InChI is InChI=1S/C31H50N8O13/c32-20(27(44)45)17-19-18-39(38-37-19)16-8-6-10-21(28(46)47)34-25(41)12-4-2-1-3-11-24(40)33-15-7-5-9-22(29(48)49)35-31(52)36-23(30(50)51)13-14-26(42)43/h18,20-23H,1-17,32H2,(H,33,40)(H,34,41)(H,42,43)(H,44,45)(H,46,47)(H,48,49)(H,50,51)(H2,35,36,52). The SMILES string of the molecule is NC(Cc1cn(CCCCC(NC(=O)CCCCCCC(=O)NCCCCC(NC(=O)NC(CCC(=O)O)C(=O)O)C(=O)O)C(=O)O)nn1)C(=O)O. The van der Waals surface area contributed by atoms with E-state index in [-0.39, 0.29) is 56.9 Å². The summed E-state index contributed by atoms with van der Waals surface area (Å²) in [4.78, 5) is 92.3. The minimum Gasteiger partial charge on any atom is -0.481 e. The lowest BCUT2D eigenvalue weighted by Gasteiger charge is -2.18. The van der Waals surface area contributed by atoms with Crippen molar-refractivity contribution >= 4 is 47.7 Å². The van der Waals surface area contributed by atoms with E-state index in [1.165, 1.54) is 4.68 Å². The van der Waals surface area contributed by atoms with Crippen molar-refractivity contribution in [3.05, 3.63) is 11.9 Å². The number of unbranched alkanes of at least 4 members (excludes halogenated alkanes) is 5. The number of carboxylic acids is 5. The van der Waals surface area contributed by atoms with E-state index in [0.717, 1.165) is 0 Å². The van der Waals surface area contributed by atoms with Crippen molar-refractivity contribution in [2.75, 3.05) is 6.54 Å². The number of hydrogen-bond donors (Lipinski definition) is 10. The molecule has 0 aliphatic heterocycles. The minimum atomic E-state index is -1.50. The molecule has 0 spiro atoms. The van der Waals surface area contributed by atoms with E-state index in [0.29, 0.717) is 63.6 Å². The van der Waals surface area contributed by atoms with Crippen LogP contribution in [0.4, 0.5) is 4.79 Å². The summed E-state index contributed by atoms with van der Waals surface area (Å²) in [5, 5.41) is 62.8. The predicted octanol–water partition coefficient (Wildman–Crippen LogP) is -0.330. The molecule has 1 aromatic rings. The van der Waals surface area contributed by atoms with Crippen molar-refractivity contribution in [1.29, 1.82) is 0 Å². The number of nitrogens with two attached hydrogens (primary N) is 1. The molecule has 1 heterocycles. The molecule has 4 amide bonds. The average Bonchev–Trinajstić information content (AvgIpc) is 3.51. The van der Waals surface area contributed by atoms with Crippen LogP contribution in [0.3, 0.4) is 0 Å². The van der Waals surface area contributed by atoms with Crippen molar-refractivity contribution in [2.24, 2.45) is 5.73 Å². The zero-order valence-electron chi connectivity index (χ0n) is 28.8. The third-order valence-corrected chi connectivity index (χ3v) is 7.75. The number of amides is 4. The zero-order valence-corrected chi connectivity index (χ0v) is 28.8. The summed E-state index contributed by atoms with van der Waals surface area (Å²) in [7, 11) is 0. The van der Waals surface area contributed by atoms with Crippen LogP contribution in [-0.2, 0) is 46.5 Å². The number of carboxylic acid groups (broad SMARTS) is 5. The predicted molar refractivity (Wildman–Crippen MR) is 179 cm³/mol. The van der Waals surface area contributed by atoms with Gasteiger partial charge in [-0.2, -0.15) is 0 Å². The highest BCUT2D eigenvalue weighted by Gasteiger charge is 2.25. The Morgan fingerprint density at radius 2 is 1.17 bits per heavy atom. The largest absolute Gasteiger partial charge is 0.481 e. The molecule has 4 unspecified atom stereocenters.